The monoisotopic (exact) mass is 253 g/mol. The molecule has 0 radical (unpaired) electrons. The van der Waals surface area contributed by atoms with Gasteiger partial charge in [-0.1, -0.05) is 38.5 Å². The van der Waals surface area contributed by atoms with Crippen molar-refractivity contribution in [2.45, 2.75) is 44.4 Å². The lowest BCUT2D eigenvalue weighted by atomic mass is 9.64. The molecule has 1 saturated carbocycles. The van der Waals surface area contributed by atoms with E-state index in [0.29, 0.717) is 6.54 Å². The molecule has 1 nitrogen and oxygen atoms in total. The summed E-state index contributed by atoms with van der Waals surface area (Å²) in [5.41, 5.74) is 6.88. The zero-order chi connectivity index (χ0) is 13.4. The molecule has 1 aliphatic carbocycles. The van der Waals surface area contributed by atoms with Gasteiger partial charge < -0.3 is 5.73 Å². The second kappa shape index (κ2) is 4.61. The van der Waals surface area contributed by atoms with Crippen LogP contribution in [-0.4, -0.2) is 6.54 Å². The Hall–Kier alpha value is -0.960. The summed E-state index contributed by atoms with van der Waals surface area (Å²) in [7, 11) is 0. The Morgan fingerprint density at radius 3 is 2.44 bits per heavy atom. The number of alkyl halides is 2. The van der Waals surface area contributed by atoms with E-state index in [9.17, 15) is 8.78 Å². The molecule has 3 heteroatoms. The lowest BCUT2D eigenvalue weighted by Gasteiger charge is -2.42. The Balaban J connectivity index is 2.36. The standard InChI is InChI=1S/C15H21F2N/c1-11(2)15(16,17)13-6-3-5-12(9-13)14(10-18)7-4-8-14/h3,5-6,9,11H,4,7-8,10,18H2,1-2H3. The molecular formula is C15H21F2N. The summed E-state index contributed by atoms with van der Waals surface area (Å²) >= 11 is 0. The van der Waals surface area contributed by atoms with Crippen molar-refractivity contribution in [3.05, 3.63) is 35.4 Å². The van der Waals surface area contributed by atoms with Crippen molar-refractivity contribution in [1.29, 1.82) is 0 Å². The van der Waals surface area contributed by atoms with Crippen LogP contribution in [0, 0.1) is 5.92 Å². The molecule has 0 aromatic heterocycles. The minimum atomic E-state index is -2.77. The minimum absolute atomic E-state index is 0.0525. The van der Waals surface area contributed by atoms with Crippen molar-refractivity contribution in [1.82, 2.24) is 0 Å². The highest BCUT2D eigenvalue weighted by molar-refractivity contribution is 5.34. The molecule has 0 bridgehead atoms. The Morgan fingerprint density at radius 1 is 1.33 bits per heavy atom. The van der Waals surface area contributed by atoms with Gasteiger partial charge in [-0.25, -0.2) is 8.78 Å². The predicted molar refractivity (Wildman–Crippen MR) is 69.8 cm³/mol. The molecule has 0 unspecified atom stereocenters. The van der Waals surface area contributed by atoms with Crippen LogP contribution in [0.5, 0.6) is 0 Å². The van der Waals surface area contributed by atoms with Gasteiger partial charge in [0.25, 0.3) is 5.92 Å². The third-order valence-corrected chi connectivity index (χ3v) is 4.29. The van der Waals surface area contributed by atoms with Crippen LogP contribution < -0.4 is 5.73 Å². The van der Waals surface area contributed by atoms with Crippen LogP contribution >= 0.6 is 0 Å². The first-order valence-electron chi connectivity index (χ1n) is 6.61. The van der Waals surface area contributed by atoms with E-state index in [1.165, 1.54) is 6.07 Å². The van der Waals surface area contributed by atoms with Gasteiger partial charge in [0.2, 0.25) is 0 Å². The second-order valence-corrected chi connectivity index (χ2v) is 5.70. The summed E-state index contributed by atoms with van der Waals surface area (Å²) in [6.07, 6.45) is 3.17. The maximum atomic E-state index is 14.0. The fourth-order valence-electron chi connectivity index (χ4n) is 2.60. The highest BCUT2D eigenvalue weighted by atomic mass is 19.3. The van der Waals surface area contributed by atoms with Gasteiger partial charge in [0.15, 0.2) is 0 Å². The Labute approximate surface area is 107 Å². The molecule has 0 aliphatic heterocycles. The fraction of sp³-hybridized carbons (Fsp3) is 0.600. The van der Waals surface area contributed by atoms with E-state index in [4.69, 9.17) is 5.73 Å². The van der Waals surface area contributed by atoms with E-state index >= 15 is 0 Å². The first-order chi connectivity index (χ1) is 8.42. The molecule has 0 saturated heterocycles. The minimum Gasteiger partial charge on any atom is -0.330 e. The van der Waals surface area contributed by atoms with Crippen LogP contribution in [0.3, 0.4) is 0 Å². The lowest BCUT2D eigenvalue weighted by molar-refractivity contribution is -0.0515. The number of nitrogens with two attached hydrogens (primary N) is 1. The summed E-state index contributed by atoms with van der Waals surface area (Å²) in [6, 6.07) is 6.85. The molecule has 0 amide bonds. The van der Waals surface area contributed by atoms with Gasteiger partial charge in [-0.15, -0.1) is 0 Å². The van der Waals surface area contributed by atoms with Crippen molar-refractivity contribution in [3.8, 4) is 0 Å². The molecule has 100 valence electrons. The first-order valence-corrected chi connectivity index (χ1v) is 6.61. The van der Waals surface area contributed by atoms with Crippen LogP contribution in [-0.2, 0) is 11.3 Å². The number of rotatable bonds is 4. The van der Waals surface area contributed by atoms with Crippen LogP contribution in [0.15, 0.2) is 24.3 Å². The molecule has 0 heterocycles. The molecule has 1 aliphatic rings. The van der Waals surface area contributed by atoms with E-state index in [2.05, 4.69) is 0 Å². The van der Waals surface area contributed by atoms with Crippen LogP contribution in [0.1, 0.15) is 44.2 Å². The molecule has 2 N–H and O–H groups in total. The van der Waals surface area contributed by atoms with Gasteiger partial charge in [-0.05, 0) is 24.5 Å². The van der Waals surface area contributed by atoms with Crippen molar-refractivity contribution in [2.24, 2.45) is 11.7 Å². The molecule has 0 spiro atoms. The average Bonchev–Trinajstić information content (AvgIpc) is 2.28. The van der Waals surface area contributed by atoms with Crippen molar-refractivity contribution >= 4 is 0 Å². The third kappa shape index (κ3) is 2.05. The fourth-order valence-corrected chi connectivity index (χ4v) is 2.60. The summed E-state index contributed by atoms with van der Waals surface area (Å²) in [4.78, 5) is 0. The van der Waals surface area contributed by atoms with Crippen molar-refractivity contribution in [3.63, 3.8) is 0 Å². The topological polar surface area (TPSA) is 26.0 Å². The molecule has 1 aromatic carbocycles. The highest BCUT2D eigenvalue weighted by Crippen LogP contribution is 2.44. The first kappa shape index (κ1) is 13.5. The lowest BCUT2D eigenvalue weighted by Crippen LogP contribution is -2.41. The molecule has 0 atom stereocenters. The largest absolute Gasteiger partial charge is 0.330 e. The molecule has 18 heavy (non-hydrogen) atoms. The van der Waals surface area contributed by atoms with Crippen LogP contribution in [0.4, 0.5) is 8.78 Å². The van der Waals surface area contributed by atoms with Gasteiger partial charge in [-0.2, -0.15) is 0 Å². The third-order valence-electron chi connectivity index (χ3n) is 4.29. The summed E-state index contributed by atoms with van der Waals surface area (Å²) in [6.45, 7) is 3.65. The van der Waals surface area contributed by atoms with Gasteiger partial charge in [-0.3, -0.25) is 0 Å². The maximum Gasteiger partial charge on any atom is 0.275 e. The van der Waals surface area contributed by atoms with E-state index < -0.39 is 11.8 Å². The van der Waals surface area contributed by atoms with Gasteiger partial charge in [0, 0.05) is 23.4 Å². The molecule has 1 aromatic rings. The number of hydrogen-bond donors (Lipinski definition) is 1. The molecular weight excluding hydrogens is 232 g/mol. The number of benzene rings is 1. The van der Waals surface area contributed by atoms with E-state index in [1.807, 2.05) is 6.07 Å². The van der Waals surface area contributed by atoms with Crippen LogP contribution in [0.25, 0.3) is 0 Å². The average molecular weight is 253 g/mol. The zero-order valence-electron chi connectivity index (χ0n) is 11.0. The summed E-state index contributed by atoms with van der Waals surface area (Å²) in [5, 5.41) is 0. The zero-order valence-corrected chi connectivity index (χ0v) is 11.0. The SMILES string of the molecule is CC(C)C(F)(F)c1cccc(C2(CN)CCC2)c1. The smallest absolute Gasteiger partial charge is 0.275 e. The number of halogens is 2. The second-order valence-electron chi connectivity index (χ2n) is 5.70. The maximum absolute atomic E-state index is 14.0. The van der Waals surface area contributed by atoms with Gasteiger partial charge in [0.05, 0.1) is 0 Å². The Morgan fingerprint density at radius 2 is 2.00 bits per heavy atom. The van der Waals surface area contributed by atoms with E-state index in [-0.39, 0.29) is 11.0 Å². The highest BCUT2D eigenvalue weighted by Gasteiger charge is 2.40. The van der Waals surface area contributed by atoms with E-state index in [0.717, 1.165) is 24.8 Å². The molecule has 1 fully saturated rings. The predicted octanol–water partition coefficient (Wildman–Crippen LogP) is 3.81. The van der Waals surface area contributed by atoms with Crippen LogP contribution in [0.2, 0.25) is 0 Å². The molecule has 2 rings (SSSR count). The Kier molecular flexibility index (Phi) is 3.45. The number of hydrogen-bond acceptors (Lipinski definition) is 1. The summed E-state index contributed by atoms with van der Waals surface area (Å²) < 4.78 is 28.1. The quantitative estimate of drug-likeness (QED) is 0.867. The van der Waals surface area contributed by atoms with E-state index in [1.54, 1.807) is 26.0 Å². The summed E-state index contributed by atoms with van der Waals surface area (Å²) in [5.74, 6) is -3.46. The Bertz CT molecular complexity index is 399. The van der Waals surface area contributed by atoms with Gasteiger partial charge >= 0.3 is 0 Å². The normalized spacial score (nSPS) is 18.8. The van der Waals surface area contributed by atoms with Crippen molar-refractivity contribution < 1.29 is 8.78 Å². The van der Waals surface area contributed by atoms with Gasteiger partial charge in [0.1, 0.15) is 0 Å². The van der Waals surface area contributed by atoms with Crippen molar-refractivity contribution in [2.75, 3.05) is 6.54 Å².